The molecule has 0 bridgehead atoms. The van der Waals surface area contributed by atoms with Gasteiger partial charge in [0.2, 0.25) is 0 Å². The molecule has 0 saturated heterocycles. The monoisotopic (exact) mass is 321 g/mol. The number of halogens is 2. The summed E-state index contributed by atoms with van der Waals surface area (Å²) in [7, 11) is 0. The summed E-state index contributed by atoms with van der Waals surface area (Å²) in [6, 6.07) is 15.1. The Labute approximate surface area is 135 Å². The first-order chi connectivity index (χ1) is 10.1. The molecule has 0 aliphatic carbocycles. The molecule has 0 fully saturated rings. The summed E-state index contributed by atoms with van der Waals surface area (Å²) in [6.45, 7) is 3.97. The van der Waals surface area contributed by atoms with Gasteiger partial charge in [0.1, 0.15) is 0 Å². The number of hydrogen-bond acceptors (Lipinski definition) is 2. The lowest BCUT2D eigenvalue weighted by Gasteiger charge is -2.19. The summed E-state index contributed by atoms with van der Waals surface area (Å²) in [5.74, 6) is 0.0475. The van der Waals surface area contributed by atoms with Crippen LogP contribution in [-0.4, -0.2) is 23.8 Å². The van der Waals surface area contributed by atoms with Crippen LogP contribution < -0.4 is 0 Å². The summed E-state index contributed by atoms with van der Waals surface area (Å²) in [6.07, 6.45) is 0. The molecule has 2 aromatic rings. The Balaban J connectivity index is 2.04. The van der Waals surface area contributed by atoms with E-state index in [2.05, 4.69) is 17.0 Å². The summed E-state index contributed by atoms with van der Waals surface area (Å²) < 4.78 is 0. The van der Waals surface area contributed by atoms with Crippen molar-refractivity contribution in [1.29, 1.82) is 0 Å². The van der Waals surface area contributed by atoms with Crippen molar-refractivity contribution >= 4 is 29.0 Å². The fraction of sp³-hybridized carbons (Fsp3) is 0.235. The number of Topliss-reactive ketones (excluding diaryl/α,β-unsaturated/α-hetero) is 1. The Morgan fingerprint density at radius 2 is 1.76 bits per heavy atom. The lowest BCUT2D eigenvalue weighted by molar-refractivity contribution is 0.0929. The molecule has 21 heavy (non-hydrogen) atoms. The first-order valence-corrected chi connectivity index (χ1v) is 7.60. The molecule has 4 heteroatoms. The van der Waals surface area contributed by atoms with Crippen LogP contribution in [0.15, 0.2) is 48.5 Å². The number of carbonyl (C=O) groups is 1. The number of benzene rings is 2. The molecule has 110 valence electrons. The molecule has 0 aliphatic rings. The molecular formula is C17H17Cl2NO. The number of rotatable bonds is 6. The third-order valence-corrected chi connectivity index (χ3v) is 4.04. The second kappa shape index (κ2) is 7.60. The van der Waals surface area contributed by atoms with Gasteiger partial charge >= 0.3 is 0 Å². The Kier molecular flexibility index (Phi) is 5.80. The van der Waals surface area contributed by atoms with Gasteiger partial charge in [-0.05, 0) is 30.3 Å². The van der Waals surface area contributed by atoms with Crippen molar-refractivity contribution < 1.29 is 4.79 Å². The highest BCUT2D eigenvalue weighted by molar-refractivity contribution is 6.42. The minimum absolute atomic E-state index is 0.0475. The second-order valence-corrected chi connectivity index (χ2v) is 5.66. The number of likely N-dealkylation sites (N-methyl/N-ethyl adjacent to an activating group) is 1. The van der Waals surface area contributed by atoms with Gasteiger partial charge in [-0.2, -0.15) is 0 Å². The summed E-state index contributed by atoms with van der Waals surface area (Å²) in [5, 5.41) is 0.874. The quantitative estimate of drug-likeness (QED) is 0.719. The number of hydrogen-bond donors (Lipinski definition) is 0. The standard InChI is InChI=1S/C17H17Cl2NO/c1-2-20(11-13-6-4-3-5-7-13)12-17(21)14-8-9-15(18)16(19)10-14/h3-10H,2,11-12H2,1H3. The van der Waals surface area contributed by atoms with Crippen LogP contribution in [0.25, 0.3) is 0 Å². The summed E-state index contributed by atoms with van der Waals surface area (Å²) in [5.41, 5.74) is 1.79. The van der Waals surface area contributed by atoms with Crippen LogP contribution in [0.2, 0.25) is 10.0 Å². The SMILES string of the molecule is CCN(CC(=O)c1ccc(Cl)c(Cl)c1)Cc1ccccc1. The summed E-state index contributed by atoms with van der Waals surface area (Å²) >= 11 is 11.8. The molecule has 2 nitrogen and oxygen atoms in total. The fourth-order valence-electron chi connectivity index (χ4n) is 2.09. The fourth-order valence-corrected chi connectivity index (χ4v) is 2.38. The van der Waals surface area contributed by atoms with Crippen LogP contribution in [0.5, 0.6) is 0 Å². The molecule has 0 N–H and O–H groups in total. The van der Waals surface area contributed by atoms with Crippen molar-refractivity contribution in [2.45, 2.75) is 13.5 Å². The molecule has 0 aromatic heterocycles. The highest BCUT2D eigenvalue weighted by atomic mass is 35.5. The molecule has 2 rings (SSSR count). The van der Waals surface area contributed by atoms with Gasteiger partial charge in [-0.25, -0.2) is 0 Å². The molecule has 2 aromatic carbocycles. The van der Waals surface area contributed by atoms with E-state index in [-0.39, 0.29) is 5.78 Å². The molecule has 0 spiro atoms. The van der Waals surface area contributed by atoms with Gasteiger partial charge in [-0.15, -0.1) is 0 Å². The molecule has 0 radical (unpaired) electrons. The molecule has 0 saturated carbocycles. The van der Waals surface area contributed by atoms with Crippen LogP contribution in [-0.2, 0) is 6.54 Å². The van der Waals surface area contributed by atoms with E-state index in [4.69, 9.17) is 23.2 Å². The molecule has 0 unspecified atom stereocenters. The number of ketones is 1. The van der Waals surface area contributed by atoms with Gasteiger partial charge in [-0.3, -0.25) is 9.69 Å². The van der Waals surface area contributed by atoms with Crippen LogP contribution in [0.3, 0.4) is 0 Å². The maximum absolute atomic E-state index is 12.3. The third-order valence-electron chi connectivity index (χ3n) is 3.31. The molecule has 0 aliphatic heterocycles. The van der Waals surface area contributed by atoms with Crippen LogP contribution >= 0.6 is 23.2 Å². The zero-order valence-corrected chi connectivity index (χ0v) is 13.4. The Hall–Kier alpha value is -1.35. The van der Waals surface area contributed by atoms with Crippen molar-refractivity contribution in [3.8, 4) is 0 Å². The van der Waals surface area contributed by atoms with Gasteiger partial charge in [0.25, 0.3) is 0 Å². The van der Waals surface area contributed by atoms with Crippen molar-refractivity contribution in [2.75, 3.05) is 13.1 Å². The summed E-state index contributed by atoms with van der Waals surface area (Å²) in [4.78, 5) is 14.4. The van der Waals surface area contributed by atoms with Crippen LogP contribution in [0.1, 0.15) is 22.8 Å². The molecule has 0 atom stereocenters. The van der Waals surface area contributed by atoms with E-state index >= 15 is 0 Å². The predicted octanol–water partition coefficient (Wildman–Crippen LogP) is 4.70. The number of carbonyl (C=O) groups excluding carboxylic acids is 1. The van der Waals surface area contributed by atoms with Crippen molar-refractivity contribution in [1.82, 2.24) is 4.90 Å². The smallest absolute Gasteiger partial charge is 0.176 e. The van der Waals surface area contributed by atoms with Crippen molar-refractivity contribution in [2.24, 2.45) is 0 Å². The maximum Gasteiger partial charge on any atom is 0.176 e. The normalized spacial score (nSPS) is 10.9. The van der Waals surface area contributed by atoms with E-state index in [9.17, 15) is 4.79 Å². The Bertz CT molecular complexity index is 613. The molecular weight excluding hydrogens is 305 g/mol. The third kappa shape index (κ3) is 4.57. The first-order valence-electron chi connectivity index (χ1n) is 6.84. The van der Waals surface area contributed by atoms with E-state index in [1.807, 2.05) is 25.1 Å². The lowest BCUT2D eigenvalue weighted by Crippen LogP contribution is -2.29. The minimum atomic E-state index is 0.0475. The van der Waals surface area contributed by atoms with Crippen LogP contribution in [0.4, 0.5) is 0 Å². The van der Waals surface area contributed by atoms with Crippen molar-refractivity contribution in [3.63, 3.8) is 0 Å². The zero-order chi connectivity index (χ0) is 15.2. The Morgan fingerprint density at radius 3 is 2.38 bits per heavy atom. The van der Waals surface area contributed by atoms with E-state index in [1.165, 1.54) is 5.56 Å². The van der Waals surface area contributed by atoms with Gasteiger partial charge in [-0.1, -0.05) is 60.5 Å². The lowest BCUT2D eigenvalue weighted by atomic mass is 10.1. The minimum Gasteiger partial charge on any atom is -0.293 e. The molecule has 0 amide bonds. The zero-order valence-electron chi connectivity index (χ0n) is 11.9. The van der Waals surface area contributed by atoms with E-state index in [0.717, 1.165) is 13.1 Å². The van der Waals surface area contributed by atoms with E-state index < -0.39 is 0 Å². The first kappa shape index (κ1) is 16.0. The Morgan fingerprint density at radius 1 is 1.05 bits per heavy atom. The largest absolute Gasteiger partial charge is 0.293 e. The second-order valence-electron chi connectivity index (χ2n) is 4.84. The topological polar surface area (TPSA) is 20.3 Å². The van der Waals surface area contributed by atoms with Gasteiger partial charge < -0.3 is 0 Å². The van der Waals surface area contributed by atoms with Gasteiger partial charge in [0.15, 0.2) is 5.78 Å². The van der Waals surface area contributed by atoms with Gasteiger partial charge in [0, 0.05) is 12.1 Å². The average molecular weight is 322 g/mol. The van der Waals surface area contributed by atoms with E-state index in [1.54, 1.807) is 18.2 Å². The highest BCUT2D eigenvalue weighted by Crippen LogP contribution is 2.23. The van der Waals surface area contributed by atoms with Crippen molar-refractivity contribution in [3.05, 3.63) is 69.7 Å². The van der Waals surface area contributed by atoms with Gasteiger partial charge in [0.05, 0.1) is 16.6 Å². The molecule has 0 heterocycles. The average Bonchev–Trinajstić information content (AvgIpc) is 2.50. The van der Waals surface area contributed by atoms with Crippen LogP contribution in [0, 0.1) is 0 Å². The maximum atomic E-state index is 12.3. The highest BCUT2D eigenvalue weighted by Gasteiger charge is 2.13. The predicted molar refractivity (Wildman–Crippen MR) is 88.2 cm³/mol. The number of nitrogens with zero attached hydrogens (tertiary/aromatic N) is 1. The van der Waals surface area contributed by atoms with E-state index in [0.29, 0.717) is 22.2 Å².